The average Bonchev–Trinajstić information content (AvgIpc) is 3.50. The van der Waals surface area contributed by atoms with Gasteiger partial charge in [0, 0.05) is 51.8 Å². The van der Waals surface area contributed by atoms with Crippen LogP contribution in [0.25, 0.3) is 16.3 Å². The number of carbonyl (C=O) groups is 1. The van der Waals surface area contributed by atoms with E-state index in [1.807, 2.05) is 0 Å². The number of Topliss-reactive ketones (excluding diaryl/α,β-unsaturated/α-hetero) is 1. The van der Waals surface area contributed by atoms with Crippen LogP contribution in [0.5, 0.6) is 0 Å². The summed E-state index contributed by atoms with van der Waals surface area (Å²) < 4.78 is 3.62. The van der Waals surface area contributed by atoms with E-state index in [0.717, 1.165) is 57.8 Å². The lowest BCUT2D eigenvalue weighted by molar-refractivity contribution is -0.668. The zero-order valence-electron chi connectivity index (χ0n) is 23.1. The number of para-hydroxylation sites is 2. The van der Waals surface area contributed by atoms with Crippen LogP contribution in [0, 0.1) is 6.92 Å². The molecule has 0 radical (unpaired) electrons. The van der Waals surface area contributed by atoms with E-state index in [1.165, 1.54) is 31.9 Å². The van der Waals surface area contributed by atoms with E-state index in [2.05, 4.69) is 115 Å². The zero-order chi connectivity index (χ0) is 27.6. The van der Waals surface area contributed by atoms with Crippen molar-refractivity contribution in [2.24, 2.45) is 0 Å². The van der Waals surface area contributed by atoms with Gasteiger partial charge < -0.3 is 4.90 Å². The maximum Gasteiger partial charge on any atom is 0.263 e. The number of nitrogens with zero attached hydrogens (tertiary/aromatic N) is 2. The van der Waals surface area contributed by atoms with Crippen molar-refractivity contribution < 1.29 is 9.36 Å². The fourth-order valence-electron chi connectivity index (χ4n) is 5.17. The fourth-order valence-corrected chi connectivity index (χ4v) is 8.55. The van der Waals surface area contributed by atoms with E-state index in [0.29, 0.717) is 0 Å². The lowest BCUT2D eigenvalue weighted by Crippen LogP contribution is -2.35. The highest BCUT2D eigenvalue weighted by atomic mass is 32.2. The number of aromatic nitrogens is 1. The van der Waals surface area contributed by atoms with Crippen molar-refractivity contribution in [1.82, 2.24) is 0 Å². The van der Waals surface area contributed by atoms with Crippen molar-refractivity contribution >= 4 is 62.6 Å². The lowest BCUT2D eigenvalue weighted by atomic mass is 9.89. The van der Waals surface area contributed by atoms with Crippen molar-refractivity contribution in [3.63, 3.8) is 0 Å². The highest BCUT2D eigenvalue weighted by molar-refractivity contribution is 8.04. The summed E-state index contributed by atoms with van der Waals surface area (Å²) in [5, 5.41) is 2.28. The second-order valence-corrected chi connectivity index (χ2v) is 13.3. The smallest absolute Gasteiger partial charge is 0.263 e. The van der Waals surface area contributed by atoms with Crippen LogP contribution in [0.3, 0.4) is 0 Å². The number of thiazole rings is 1. The third kappa shape index (κ3) is 5.20. The quantitative estimate of drug-likeness (QED) is 0.145. The van der Waals surface area contributed by atoms with E-state index >= 15 is 0 Å². The standard InChI is InChI=1S/C34H33N2OS3/c1-4-18-35-27-10-6-8-12-29(27)39-31(35)20-25-33(37)26(34(25)38-22-24-16-14-23(3)15-17-24)21-32-36(19-5-2)28-11-7-9-13-30(28)40-32/h6-17,20-21H,4-5,18-19,22H2,1-3H3/q+1. The number of anilines is 1. The minimum Gasteiger partial charge on any atom is -0.335 e. The second-order valence-electron chi connectivity index (χ2n) is 10.2. The van der Waals surface area contributed by atoms with Gasteiger partial charge in [0.25, 0.3) is 5.01 Å². The largest absolute Gasteiger partial charge is 0.335 e. The minimum atomic E-state index is 0.146. The number of ketones is 1. The maximum atomic E-state index is 13.8. The van der Waals surface area contributed by atoms with Crippen LogP contribution >= 0.6 is 34.9 Å². The van der Waals surface area contributed by atoms with E-state index in [9.17, 15) is 4.79 Å². The van der Waals surface area contributed by atoms with Crippen LogP contribution in [0.15, 0.2) is 105 Å². The SMILES string of the molecule is CCCN1/C(=C/C2=C(SCc3ccc(C)cc3)C(=C/c3sc4ccccc4[n+]3CCC)/C2=O)Sc2ccccc21. The Labute approximate surface area is 249 Å². The van der Waals surface area contributed by atoms with Crippen LogP contribution in [0.2, 0.25) is 0 Å². The molecule has 1 aliphatic heterocycles. The summed E-state index contributed by atoms with van der Waals surface area (Å²) in [6, 6.07) is 25.8. The molecule has 1 aliphatic carbocycles. The topological polar surface area (TPSA) is 24.2 Å². The van der Waals surface area contributed by atoms with E-state index < -0.39 is 0 Å². The zero-order valence-corrected chi connectivity index (χ0v) is 25.6. The summed E-state index contributed by atoms with van der Waals surface area (Å²) in [6.45, 7) is 8.40. The summed E-state index contributed by atoms with van der Waals surface area (Å²) in [5.41, 5.74) is 6.68. The summed E-state index contributed by atoms with van der Waals surface area (Å²) >= 11 is 5.32. The molecule has 0 atom stereocenters. The molecule has 6 heteroatoms. The van der Waals surface area contributed by atoms with Gasteiger partial charge in [-0.2, -0.15) is 4.57 Å². The van der Waals surface area contributed by atoms with Crippen LogP contribution in [0.1, 0.15) is 42.8 Å². The van der Waals surface area contributed by atoms with Gasteiger partial charge in [0.1, 0.15) is 11.2 Å². The number of hydrogen-bond acceptors (Lipinski definition) is 5. The molecule has 40 heavy (non-hydrogen) atoms. The van der Waals surface area contributed by atoms with E-state index in [1.54, 1.807) is 34.9 Å². The summed E-state index contributed by atoms with van der Waals surface area (Å²) in [4.78, 5) is 18.6. The number of allylic oxidation sites excluding steroid dienone is 3. The molecule has 4 aromatic rings. The number of benzene rings is 3. The Hall–Kier alpha value is -3.06. The number of aryl methyl sites for hydroxylation is 2. The Morgan fingerprint density at radius 2 is 1.70 bits per heavy atom. The Bertz CT molecular complexity index is 1680. The van der Waals surface area contributed by atoms with Crippen LogP contribution in [-0.4, -0.2) is 12.3 Å². The number of fused-ring (bicyclic) bond motifs is 2. The maximum absolute atomic E-state index is 13.8. The van der Waals surface area contributed by atoms with Crippen molar-refractivity contribution in [1.29, 1.82) is 0 Å². The van der Waals surface area contributed by atoms with Crippen LogP contribution in [0.4, 0.5) is 5.69 Å². The molecule has 6 rings (SSSR count). The third-order valence-corrected chi connectivity index (χ3v) is 10.6. The number of hydrogen-bond donors (Lipinski definition) is 0. The highest BCUT2D eigenvalue weighted by Gasteiger charge is 2.36. The first-order chi connectivity index (χ1) is 19.6. The van der Waals surface area contributed by atoms with Gasteiger partial charge in [-0.3, -0.25) is 4.79 Å². The number of rotatable bonds is 9. The Balaban J connectivity index is 1.41. The van der Waals surface area contributed by atoms with Crippen molar-refractivity contribution in [3.05, 3.63) is 116 Å². The van der Waals surface area contributed by atoms with Crippen LogP contribution in [-0.2, 0) is 17.1 Å². The summed E-state index contributed by atoms with van der Waals surface area (Å²) in [6.07, 6.45) is 6.37. The molecule has 0 N–H and O–H groups in total. The molecule has 0 saturated heterocycles. The first kappa shape index (κ1) is 27.1. The predicted molar refractivity (Wildman–Crippen MR) is 173 cm³/mol. The van der Waals surface area contributed by atoms with E-state index in [4.69, 9.17) is 0 Å². The molecule has 0 amide bonds. The van der Waals surface area contributed by atoms with Crippen molar-refractivity contribution in [3.8, 4) is 0 Å². The van der Waals surface area contributed by atoms with Gasteiger partial charge in [0.05, 0.1) is 10.7 Å². The van der Waals surface area contributed by atoms with Gasteiger partial charge in [-0.15, -0.1) is 11.8 Å². The van der Waals surface area contributed by atoms with Gasteiger partial charge in [-0.1, -0.05) is 91.0 Å². The van der Waals surface area contributed by atoms with Gasteiger partial charge in [-0.05, 0) is 43.2 Å². The normalized spacial score (nSPS) is 16.9. The highest BCUT2D eigenvalue weighted by Crippen LogP contribution is 2.49. The third-order valence-electron chi connectivity index (χ3n) is 7.19. The van der Waals surface area contributed by atoms with Crippen LogP contribution < -0.4 is 9.47 Å². The molecule has 2 heterocycles. The second kappa shape index (κ2) is 11.8. The number of carbonyl (C=O) groups excluding carboxylic acids is 1. The summed E-state index contributed by atoms with van der Waals surface area (Å²) in [7, 11) is 0. The average molecular weight is 582 g/mol. The minimum absolute atomic E-state index is 0.146. The van der Waals surface area contributed by atoms with Gasteiger partial charge in [0.2, 0.25) is 5.52 Å². The fraction of sp³-hybridized carbons (Fsp3) is 0.235. The molecular formula is C34H33N2OS3+. The molecule has 0 bridgehead atoms. The van der Waals surface area contributed by atoms with Crippen molar-refractivity contribution in [2.75, 3.05) is 11.4 Å². The Kier molecular flexibility index (Phi) is 8.01. The van der Waals surface area contributed by atoms with Crippen molar-refractivity contribution in [2.45, 2.75) is 50.8 Å². The number of thioether (sulfide) groups is 2. The molecule has 202 valence electrons. The molecule has 3 aromatic carbocycles. The first-order valence-corrected chi connectivity index (χ1v) is 16.6. The molecule has 2 aliphatic rings. The van der Waals surface area contributed by atoms with Gasteiger partial charge in [-0.25, -0.2) is 0 Å². The summed E-state index contributed by atoms with van der Waals surface area (Å²) in [5.74, 6) is 0.979. The molecule has 3 nitrogen and oxygen atoms in total. The molecule has 0 fully saturated rings. The lowest BCUT2D eigenvalue weighted by Gasteiger charge is -2.25. The Morgan fingerprint density at radius 3 is 2.50 bits per heavy atom. The first-order valence-electron chi connectivity index (χ1n) is 13.9. The van der Waals surface area contributed by atoms with Gasteiger partial charge in [0.15, 0.2) is 5.78 Å². The molecule has 0 unspecified atom stereocenters. The molecule has 0 saturated carbocycles. The molecular weight excluding hydrogens is 549 g/mol. The molecule has 1 aromatic heterocycles. The van der Waals surface area contributed by atoms with E-state index in [-0.39, 0.29) is 5.78 Å². The Morgan fingerprint density at radius 1 is 0.925 bits per heavy atom. The molecule has 0 spiro atoms. The predicted octanol–water partition coefficient (Wildman–Crippen LogP) is 8.92. The van der Waals surface area contributed by atoms with Gasteiger partial charge >= 0.3 is 0 Å². The monoisotopic (exact) mass is 581 g/mol.